The maximum absolute atomic E-state index is 12.5. The second-order valence-electron chi connectivity index (χ2n) is 4.82. The van der Waals surface area contributed by atoms with Crippen LogP contribution < -0.4 is 16.6 Å². The highest BCUT2D eigenvalue weighted by Gasteiger charge is 2.22. The predicted octanol–water partition coefficient (Wildman–Crippen LogP) is 0.888. The summed E-state index contributed by atoms with van der Waals surface area (Å²) in [7, 11) is 1.68. The summed E-state index contributed by atoms with van der Waals surface area (Å²) in [5.74, 6) is 0. The summed E-state index contributed by atoms with van der Waals surface area (Å²) in [6, 6.07) is 4.94. The molecular formula is C13H14ClN3O2. The molecule has 1 aliphatic heterocycles. The van der Waals surface area contributed by atoms with Crippen molar-refractivity contribution in [3.05, 3.63) is 44.1 Å². The molecule has 0 radical (unpaired) electrons. The molecule has 1 aromatic carbocycles. The van der Waals surface area contributed by atoms with Crippen LogP contribution in [0.3, 0.4) is 0 Å². The summed E-state index contributed by atoms with van der Waals surface area (Å²) in [5, 5.41) is 4.16. The number of hydrogen-bond donors (Lipinski definition) is 1. The van der Waals surface area contributed by atoms with E-state index in [9.17, 15) is 9.59 Å². The van der Waals surface area contributed by atoms with Crippen LogP contribution >= 0.6 is 11.6 Å². The van der Waals surface area contributed by atoms with Crippen molar-refractivity contribution < 1.29 is 0 Å². The molecule has 19 heavy (non-hydrogen) atoms. The maximum Gasteiger partial charge on any atom is 0.331 e. The Morgan fingerprint density at radius 2 is 2.16 bits per heavy atom. The van der Waals surface area contributed by atoms with E-state index in [2.05, 4.69) is 5.32 Å². The van der Waals surface area contributed by atoms with Gasteiger partial charge < -0.3 is 5.32 Å². The van der Waals surface area contributed by atoms with Crippen LogP contribution in [0.5, 0.6) is 0 Å². The molecule has 2 heterocycles. The summed E-state index contributed by atoms with van der Waals surface area (Å²) in [4.78, 5) is 24.8. The molecule has 1 aromatic heterocycles. The van der Waals surface area contributed by atoms with Crippen molar-refractivity contribution >= 4 is 22.5 Å². The molecule has 5 nitrogen and oxygen atoms in total. The Morgan fingerprint density at radius 1 is 1.37 bits per heavy atom. The molecule has 2 aromatic rings. The molecule has 0 bridgehead atoms. The highest BCUT2D eigenvalue weighted by molar-refractivity contribution is 6.31. The number of fused-ring (bicyclic) bond motifs is 1. The number of aromatic nitrogens is 2. The summed E-state index contributed by atoms with van der Waals surface area (Å²) < 4.78 is 2.85. The Labute approximate surface area is 114 Å². The second kappa shape index (κ2) is 4.51. The smallest absolute Gasteiger partial charge is 0.315 e. The molecule has 1 N–H and O–H groups in total. The monoisotopic (exact) mass is 279 g/mol. The van der Waals surface area contributed by atoms with Gasteiger partial charge in [-0.15, -0.1) is 0 Å². The minimum Gasteiger partial charge on any atom is -0.315 e. The Morgan fingerprint density at radius 3 is 2.84 bits per heavy atom. The van der Waals surface area contributed by atoms with Crippen LogP contribution in [0, 0.1) is 0 Å². The molecule has 1 atom stereocenters. The van der Waals surface area contributed by atoms with E-state index in [4.69, 9.17) is 11.6 Å². The predicted molar refractivity (Wildman–Crippen MR) is 75.0 cm³/mol. The van der Waals surface area contributed by atoms with Crippen LogP contribution in [-0.4, -0.2) is 22.2 Å². The Hall–Kier alpha value is -1.59. The lowest BCUT2D eigenvalue weighted by atomic mass is 10.2. The second-order valence-corrected chi connectivity index (χ2v) is 5.26. The third kappa shape index (κ3) is 1.89. The first-order valence-electron chi connectivity index (χ1n) is 6.21. The molecule has 1 saturated heterocycles. The fourth-order valence-electron chi connectivity index (χ4n) is 2.64. The van der Waals surface area contributed by atoms with E-state index >= 15 is 0 Å². The zero-order valence-electron chi connectivity index (χ0n) is 10.5. The van der Waals surface area contributed by atoms with Gasteiger partial charge in [0.2, 0.25) is 0 Å². The van der Waals surface area contributed by atoms with Gasteiger partial charge >= 0.3 is 5.69 Å². The van der Waals surface area contributed by atoms with Gasteiger partial charge in [0, 0.05) is 18.6 Å². The van der Waals surface area contributed by atoms with Gasteiger partial charge in [0.05, 0.1) is 16.9 Å². The van der Waals surface area contributed by atoms with Crippen molar-refractivity contribution in [2.75, 3.05) is 13.1 Å². The van der Waals surface area contributed by atoms with E-state index in [0.717, 1.165) is 13.0 Å². The molecule has 0 spiro atoms. The van der Waals surface area contributed by atoms with Crippen LogP contribution in [0.4, 0.5) is 0 Å². The van der Waals surface area contributed by atoms with Gasteiger partial charge in [-0.1, -0.05) is 11.6 Å². The SMILES string of the molecule is Cn1c(=O)n(C2CCNC2)c(=O)c2cc(Cl)ccc21. The number of benzene rings is 1. The van der Waals surface area contributed by atoms with E-state index in [1.165, 1.54) is 9.13 Å². The van der Waals surface area contributed by atoms with E-state index in [-0.39, 0.29) is 17.3 Å². The molecule has 1 fully saturated rings. The van der Waals surface area contributed by atoms with Crippen LogP contribution in [0.25, 0.3) is 10.9 Å². The largest absolute Gasteiger partial charge is 0.331 e. The van der Waals surface area contributed by atoms with Gasteiger partial charge in [-0.3, -0.25) is 13.9 Å². The average Bonchev–Trinajstić information content (AvgIpc) is 2.90. The maximum atomic E-state index is 12.5. The van der Waals surface area contributed by atoms with Gasteiger partial charge in [-0.2, -0.15) is 0 Å². The first-order chi connectivity index (χ1) is 9.09. The van der Waals surface area contributed by atoms with E-state index in [0.29, 0.717) is 22.5 Å². The molecule has 1 unspecified atom stereocenters. The number of nitrogens with one attached hydrogen (secondary N) is 1. The molecule has 3 rings (SSSR count). The van der Waals surface area contributed by atoms with Crippen molar-refractivity contribution in [3.63, 3.8) is 0 Å². The molecule has 0 saturated carbocycles. The van der Waals surface area contributed by atoms with Crippen molar-refractivity contribution in [2.45, 2.75) is 12.5 Å². The third-order valence-corrected chi connectivity index (χ3v) is 3.90. The lowest BCUT2D eigenvalue weighted by Crippen LogP contribution is -2.42. The van der Waals surface area contributed by atoms with Crippen LogP contribution in [0.15, 0.2) is 27.8 Å². The average molecular weight is 280 g/mol. The van der Waals surface area contributed by atoms with Crippen molar-refractivity contribution in [2.24, 2.45) is 7.05 Å². The standard InChI is InChI=1S/C13H14ClN3O2/c1-16-11-3-2-8(14)6-10(11)12(18)17(13(16)19)9-4-5-15-7-9/h2-3,6,9,15H,4-5,7H2,1H3. The summed E-state index contributed by atoms with van der Waals surface area (Å²) in [5.41, 5.74) is 0.0874. The van der Waals surface area contributed by atoms with Crippen LogP contribution in [0.2, 0.25) is 5.02 Å². The Balaban J connectivity index is 2.39. The van der Waals surface area contributed by atoms with Gasteiger partial charge in [0.15, 0.2) is 0 Å². The summed E-state index contributed by atoms with van der Waals surface area (Å²) in [6.45, 7) is 1.48. The highest BCUT2D eigenvalue weighted by atomic mass is 35.5. The first-order valence-corrected chi connectivity index (χ1v) is 6.59. The van der Waals surface area contributed by atoms with Gasteiger partial charge in [-0.05, 0) is 31.2 Å². The number of rotatable bonds is 1. The molecule has 100 valence electrons. The minimum atomic E-state index is -0.270. The zero-order valence-corrected chi connectivity index (χ0v) is 11.3. The van der Waals surface area contributed by atoms with E-state index < -0.39 is 0 Å². The Bertz CT molecular complexity index is 757. The third-order valence-electron chi connectivity index (χ3n) is 3.66. The molecule has 0 aliphatic carbocycles. The van der Waals surface area contributed by atoms with Crippen molar-refractivity contribution in [1.29, 1.82) is 0 Å². The Kier molecular flexibility index (Phi) is 2.95. The lowest BCUT2D eigenvalue weighted by Gasteiger charge is -2.15. The van der Waals surface area contributed by atoms with Gasteiger partial charge in [0.1, 0.15) is 0 Å². The van der Waals surface area contributed by atoms with Gasteiger partial charge in [0.25, 0.3) is 5.56 Å². The number of nitrogens with zero attached hydrogens (tertiary/aromatic N) is 2. The zero-order chi connectivity index (χ0) is 13.6. The number of aryl methyl sites for hydroxylation is 1. The topological polar surface area (TPSA) is 56.0 Å². The van der Waals surface area contributed by atoms with Crippen LogP contribution in [-0.2, 0) is 7.05 Å². The van der Waals surface area contributed by atoms with Gasteiger partial charge in [-0.25, -0.2) is 4.79 Å². The fraction of sp³-hybridized carbons (Fsp3) is 0.385. The molecular weight excluding hydrogens is 266 g/mol. The number of halogens is 1. The van der Waals surface area contributed by atoms with E-state index in [1.54, 1.807) is 25.2 Å². The van der Waals surface area contributed by atoms with Crippen LogP contribution in [0.1, 0.15) is 12.5 Å². The minimum absolute atomic E-state index is 0.0745. The lowest BCUT2D eigenvalue weighted by molar-refractivity contribution is 0.493. The molecule has 6 heteroatoms. The molecule has 1 aliphatic rings. The number of hydrogen-bond acceptors (Lipinski definition) is 3. The summed E-state index contributed by atoms with van der Waals surface area (Å²) >= 11 is 5.95. The first kappa shape index (κ1) is 12.4. The van der Waals surface area contributed by atoms with Crippen molar-refractivity contribution in [3.8, 4) is 0 Å². The highest BCUT2D eigenvalue weighted by Crippen LogP contribution is 2.17. The van der Waals surface area contributed by atoms with E-state index in [1.807, 2.05) is 0 Å². The normalized spacial score (nSPS) is 19.2. The van der Waals surface area contributed by atoms with Crippen molar-refractivity contribution in [1.82, 2.24) is 14.5 Å². The quantitative estimate of drug-likeness (QED) is 0.843. The summed E-state index contributed by atoms with van der Waals surface area (Å²) in [6.07, 6.45) is 0.793. The molecule has 0 amide bonds. The fourth-order valence-corrected chi connectivity index (χ4v) is 2.81.